The fourth-order valence-electron chi connectivity index (χ4n) is 2.22. The standard InChI is InChI=1S/C11H23N/c1-5-7-10(6-2)11-8-12(11)9(3)4/h9-11H,5-8H2,1-4H3. The zero-order valence-electron chi connectivity index (χ0n) is 9.01. The molecule has 3 atom stereocenters. The molecule has 0 aromatic carbocycles. The largest absolute Gasteiger partial charge is 0.295 e. The Labute approximate surface area is 77.1 Å². The minimum absolute atomic E-state index is 0.765. The van der Waals surface area contributed by atoms with Crippen molar-refractivity contribution < 1.29 is 0 Å². The summed E-state index contributed by atoms with van der Waals surface area (Å²) in [5.74, 6) is 0.970. The molecule has 1 aliphatic rings. The third-order valence-corrected chi connectivity index (χ3v) is 3.08. The highest BCUT2D eigenvalue weighted by Gasteiger charge is 2.40. The first-order valence-corrected chi connectivity index (χ1v) is 5.46. The number of hydrogen-bond acceptors (Lipinski definition) is 1. The molecule has 1 aliphatic heterocycles. The van der Waals surface area contributed by atoms with Crippen molar-refractivity contribution >= 4 is 0 Å². The SMILES string of the molecule is CCCC(CC)C1CN1C(C)C. The van der Waals surface area contributed by atoms with Crippen LogP contribution in [0.1, 0.15) is 47.0 Å². The molecular weight excluding hydrogens is 146 g/mol. The highest BCUT2D eigenvalue weighted by atomic mass is 15.3. The van der Waals surface area contributed by atoms with Crippen LogP contribution in [0.15, 0.2) is 0 Å². The van der Waals surface area contributed by atoms with Gasteiger partial charge in [0.15, 0.2) is 0 Å². The van der Waals surface area contributed by atoms with Crippen molar-refractivity contribution in [2.75, 3.05) is 6.54 Å². The third kappa shape index (κ3) is 2.22. The van der Waals surface area contributed by atoms with Gasteiger partial charge in [-0.25, -0.2) is 0 Å². The highest BCUT2D eigenvalue weighted by molar-refractivity contribution is 4.95. The van der Waals surface area contributed by atoms with Gasteiger partial charge in [-0.15, -0.1) is 0 Å². The molecule has 3 unspecified atom stereocenters. The van der Waals surface area contributed by atoms with Gasteiger partial charge in [0.05, 0.1) is 0 Å². The Bertz CT molecular complexity index is 131. The van der Waals surface area contributed by atoms with Gasteiger partial charge in [0.1, 0.15) is 0 Å². The number of rotatable bonds is 5. The van der Waals surface area contributed by atoms with Crippen molar-refractivity contribution in [1.29, 1.82) is 0 Å². The maximum absolute atomic E-state index is 2.61. The lowest BCUT2D eigenvalue weighted by Gasteiger charge is -2.15. The van der Waals surface area contributed by atoms with Gasteiger partial charge in [-0.3, -0.25) is 4.90 Å². The molecule has 0 aromatic heterocycles. The second-order valence-corrected chi connectivity index (χ2v) is 4.31. The van der Waals surface area contributed by atoms with Crippen LogP contribution in [0.5, 0.6) is 0 Å². The minimum atomic E-state index is 0.765. The van der Waals surface area contributed by atoms with Crippen molar-refractivity contribution in [2.45, 2.75) is 59.0 Å². The molecule has 1 nitrogen and oxygen atoms in total. The van der Waals surface area contributed by atoms with Crippen LogP contribution < -0.4 is 0 Å². The van der Waals surface area contributed by atoms with Crippen molar-refractivity contribution in [2.24, 2.45) is 5.92 Å². The molecule has 12 heavy (non-hydrogen) atoms. The summed E-state index contributed by atoms with van der Waals surface area (Å²) in [5.41, 5.74) is 0. The van der Waals surface area contributed by atoms with Crippen molar-refractivity contribution in [3.05, 3.63) is 0 Å². The van der Waals surface area contributed by atoms with Crippen LogP contribution in [-0.2, 0) is 0 Å². The molecule has 72 valence electrons. The van der Waals surface area contributed by atoms with Gasteiger partial charge in [0, 0.05) is 18.6 Å². The highest BCUT2D eigenvalue weighted by Crippen LogP contribution is 2.32. The zero-order chi connectivity index (χ0) is 9.14. The molecule has 1 fully saturated rings. The van der Waals surface area contributed by atoms with Gasteiger partial charge in [0.2, 0.25) is 0 Å². The first kappa shape index (κ1) is 10.0. The normalized spacial score (nSPS) is 30.8. The van der Waals surface area contributed by atoms with E-state index in [-0.39, 0.29) is 0 Å². The van der Waals surface area contributed by atoms with E-state index in [1.165, 1.54) is 25.8 Å². The van der Waals surface area contributed by atoms with Crippen molar-refractivity contribution in [1.82, 2.24) is 4.90 Å². The molecule has 0 aromatic rings. The zero-order valence-corrected chi connectivity index (χ0v) is 9.01. The molecule has 0 amide bonds. The summed E-state index contributed by atoms with van der Waals surface area (Å²) in [4.78, 5) is 2.61. The van der Waals surface area contributed by atoms with Crippen LogP contribution in [0, 0.1) is 5.92 Å². The summed E-state index contributed by atoms with van der Waals surface area (Å²) in [6.45, 7) is 10.6. The number of hydrogen-bond donors (Lipinski definition) is 0. The molecule has 1 saturated heterocycles. The predicted octanol–water partition coefficient (Wildman–Crippen LogP) is 2.91. The Balaban J connectivity index is 2.28. The summed E-state index contributed by atoms with van der Waals surface area (Å²) in [6.07, 6.45) is 4.13. The van der Waals surface area contributed by atoms with E-state index in [0.717, 1.165) is 18.0 Å². The van der Waals surface area contributed by atoms with E-state index >= 15 is 0 Å². The number of nitrogens with zero attached hydrogens (tertiary/aromatic N) is 1. The molecule has 0 N–H and O–H groups in total. The molecule has 0 spiro atoms. The lowest BCUT2D eigenvalue weighted by Crippen LogP contribution is -2.17. The van der Waals surface area contributed by atoms with E-state index in [1.807, 2.05) is 0 Å². The molecular formula is C11H23N. The molecule has 0 bridgehead atoms. The Morgan fingerprint density at radius 3 is 2.33 bits per heavy atom. The molecule has 0 saturated carbocycles. The second-order valence-electron chi connectivity index (χ2n) is 4.31. The average Bonchev–Trinajstić information content (AvgIpc) is 2.79. The Morgan fingerprint density at radius 1 is 1.33 bits per heavy atom. The Morgan fingerprint density at radius 2 is 2.00 bits per heavy atom. The molecule has 1 heteroatoms. The molecule has 0 aliphatic carbocycles. The van der Waals surface area contributed by atoms with E-state index in [4.69, 9.17) is 0 Å². The van der Waals surface area contributed by atoms with Gasteiger partial charge >= 0.3 is 0 Å². The van der Waals surface area contributed by atoms with Gasteiger partial charge in [-0.2, -0.15) is 0 Å². The monoisotopic (exact) mass is 169 g/mol. The van der Waals surface area contributed by atoms with Gasteiger partial charge in [0.25, 0.3) is 0 Å². The van der Waals surface area contributed by atoms with Crippen LogP contribution in [0.4, 0.5) is 0 Å². The first-order valence-electron chi connectivity index (χ1n) is 5.46. The summed E-state index contributed by atoms with van der Waals surface area (Å²) in [5, 5.41) is 0. The lowest BCUT2D eigenvalue weighted by atomic mass is 9.97. The topological polar surface area (TPSA) is 3.01 Å². The van der Waals surface area contributed by atoms with Crippen LogP contribution in [0.25, 0.3) is 0 Å². The first-order chi connectivity index (χ1) is 5.70. The van der Waals surface area contributed by atoms with E-state index in [0.29, 0.717) is 0 Å². The summed E-state index contributed by atoms with van der Waals surface area (Å²) < 4.78 is 0. The molecule has 0 radical (unpaired) electrons. The van der Waals surface area contributed by atoms with Gasteiger partial charge in [-0.1, -0.05) is 26.7 Å². The van der Waals surface area contributed by atoms with E-state index < -0.39 is 0 Å². The second kappa shape index (κ2) is 4.27. The average molecular weight is 169 g/mol. The Kier molecular flexibility index (Phi) is 3.57. The van der Waals surface area contributed by atoms with Crippen LogP contribution in [-0.4, -0.2) is 23.5 Å². The predicted molar refractivity (Wildman–Crippen MR) is 54.3 cm³/mol. The quantitative estimate of drug-likeness (QED) is 0.572. The van der Waals surface area contributed by atoms with Gasteiger partial charge < -0.3 is 0 Å². The maximum atomic E-state index is 2.61. The van der Waals surface area contributed by atoms with E-state index in [1.54, 1.807) is 0 Å². The van der Waals surface area contributed by atoms with Crippen LogP contribution >= 0.6 is 0 Å². The fraction of sp³-hybridized carbons (Fsp3) is 1.00. The Hall–Kier alpha value is -0.0400. The van der Waals surface area contributed by atoms with Crippen molar-refractivity contribution in [3.63, 3.8) is 0 Å². The summed E-state index contributed by atoms with van der Waals surface area (Å²) in [6, 6.07) is 1.69. The van der Waals surface area contributed by atoms with E-state index in [9.17, 15) is 0 Å². The fourth-order valence-corrected chi connectivity index (χ4v) is 2.22. The summed E-state index contributed by atoms with van der Waals surface area (Å²) >= 11 is 0. The van der Waals surface area contributed by atoms with Crippen LogP contribution in [0.3, 0.4) is 0 Å². The van der Waals surface area contributed by atoms with Crippen LogP contribution in [0.2, 0.25) is 0 Å². The maximum Gasteiger partial charge on any atom is 0.0254 e. The smallest absolute Gasteiger partial charge is 0.0254 e. The summed E-state index contributed by atoms with van der Waals surface area (Å²) in [7, 11) is 0. The van der Waals surface area contributed by atoms with Crippen molar-refractivity contribution in [3.8, 4) is 0 Å². The lowest BCUT2D eigenvalue weighted by molar-refractivity contribution is 0.338. The molecule has 1 rings (SSSR count). The minimum Gasteiger partial charge on any atom is -0.295 e. The molecule has 1 heterocycles. The van der Waals surface area contributed by atoms with E-state index in [2.05, 4.69) is 32.6 Å². The van der Waals surface area contributed by atoms with Gasteiger partial charge in [-0.05, 0) is 26.2 Å². The third-order valence-electron chi connectivity index (χ3n) is 3.08.